The van der Waals surface area contributed by atoms with E-state index in [4.69, 9.17) is 9.47 Å². The first kappa shape index (κ1) is 33.6. The molecule has 2 aliphatic heterocycles. The lowest BCUT2D eigenvalue weighted by atomic mass is 9.69. The highest BCUT2D eigenvalue weighted by molar-refractivity contribution is 5.82. The van der Waals surface area contributed by atoms with Gasteiger partial charge in [-0.05, 0) is 90.4 Å². The van der Waals surface area contributed by atoms with Crippen LogP contribution in [0, 0.1) is 0 Å². The predicted molar refractivity (Wildman–Crippen MR) is 186 cm³/mol. The molecule has 244 valence electrons. The number of hydrogen-bond acceptors (Lipinski definition) is 4. The van der Waals surface area contributed by atoms with Crippen LogP contribution in [0.5, 0.6) is 0 Å². The summed E-state index contributed by atoms with van der Waals surface area (Å²) in [6, 6.07) is 15.1. The third kappa shape index (κ3) is 8.35. The van der Waals surface area contributed by atoms with Crippen LogP contribution >= 0.6 is 0 Å². The van der Waals surface area contributed by atoms with Crippen molar-refractivity contribution in [3.8, 4) is 11.1 Å². The molecular formula is C40H62N2O2. The van der Waals surface area contributed by atoms with Gasteiger partial charge in [0, 0.05) is 31.6 Å². The average Bonchev–Trinajstić information content (AvgIpc) is 3.33. The van der Waals surface area contributed by atoms with E-state index in [1.807, 2.05) is 0 Å². The summed E-state index contributed by atoms with van der Waals surface area (Å²) in [4.78, 5) is 5.19. The molecule has 4 nitrogen and oxygen atoms in total. The minimum absolute atomic E-state index is 0.146. The lowest BCUT2D eigenvalue weighted by Crippen LogP contribution is -2.36. The normalized spacial score (nSPS) is 19.3. The summed E-state index contributed by atoms with van der Waals surface area (Å²) in [5.41, 5.74) is 9.49. The van der Waals surface area contributed by atoms with E-state index in [1.54, 1.807) is 11.1 Å². The second-order valence-electron chi connectivity index (χ2n) is 14.4. The summed E-state index contributed by atoms with van der Waals surface area (Å²) in [6.45, 7) is 20.0. The summed E-state index contributed by atoms with van der Waals surface area (Å²) in [7, 11) is 0. The topological polar surface area (TPSA) is 24.9 Å². The van der Waals surface area contributed by atoms with E-state index in [9.17, 15) is 0 Å². The standard InChI is InChI=1S/C40H62N2O2/c1-5-33(4)35-15-17-37-36-16-14-34(32(2)3)30-38(36)40(39(37)31-35,18-10-6-8-12-20-41-22-26-43-27-23-41)19-11-7-9-13-21-42-24-28-44-29-25-42/h14-17,30-33H,5-13,18-29H2,1-4H3. The maximum atomic E-state index is 5.56. The quantitative estimate of drug-likeness (QED) is 0.169. The number of hydrogen-bond donors (Lipinski definition) is 0. The van der Waals surface area contributed by atoms with E-state index in [-0.39, 0.29) is 5.41 Å². The van der Waals surface area contributed by atoms with Crippen LogP contribution in [0.4, 0.5) is 0 Å². The number of rotatable bonds is 17. The van der Waals surface area contributed by atoms with E-state index in [0.29, 0.717) is 11.8 Å². The maximum absolute atomic E-state index is 5.56. The van der Waals surface area contributed by atoms with Crippen molar-refractivity contribution in [1.29, 1.82) is 0 Å². The molecule has 0 amide bonds. The first-order valence-electron chi connectivity index (χ1n) is 18.4. The number of morpholine rings is 2. The van der Waals surface area contributed by atoms with Gasteiger partial charge in [0.05, 0.1) is 26.4 Å². The van der Waals surface area contributed by atoms with Gasteiger partial charge in [0.15, 0.2) is 0 Å². The van der Waals surface area contributed by atoms with Gasteiger partial charge >= 0.3 is 0 Å². The minimum Gasteiger partial charge on any atom is -0.379 e. The van der Waals surface area contributed by atoms with Gasteiger partial charge in [0.25, 0.3) is 0 Å². The van der Waals surface area contributed by atoms with Crippen molar-refractivity contribution >= 4 is 0 Å². The second kappa shape index (κ2) is 16.7. The zero-order valence-corrected chi connectivity index (χ0v) is 28.7. The Kier molecular flexibility index (Phi) is 12.8. The third-order valence-corrected chi connectivity index (χ3v) is 11.1. The highest BCUT2D eigenvalue weighted by atomic mass is 16.5. The van der Waals surface area contributed by atoms with Gasteiger partial charge < -0.3 is 9.47 Å². The first-order valence-corrected chi connectivity index (χ1v) is 18.4. The molecule has 3 aliphatic rings. The van der Waals surface area contributed by atoms with E-state index >= 15 is 0 Å². The summed E-state index contributed by atoms with van der Waals surface area (Å²) in [5.74, 6) is 1.16. The van der Waals surface area contributed by atoms with Crippen LogP contribution in [0.15, 0.2) is 36.4 Å². The molecule has 1 aliphatic carbocycles. The van der Waals surface area contributed by atoms with Crippen LogP contribution < -0.4 is 0 Å². The van der Waals surface area contributed by atoms with Crippen LogP contribution in [0.2, 0.25) is 0 Å². The van der Waals surface area contributed by atoms with Gasteiger partial charge in [0.2, 0.25) is 0 Å². The van der Waals surface area contributed by atoms with Crippen molar-refractivity contribution in [2.24, 2.45) is 0 Å². The van der Waals surface area contributed by atoms with Crippen molar-refractivity contribution in [2.45, 2.75) is 116 Å². The Morgan fingerprint density at radius 1 is 0.614 bits per heavy atom. The van der Waals surface area contributed by atoms with Crippen LogP contribution in [0.25, 0.3) is 11.1 Å². The molecule has 0 radical (unpaired) electrons. The van der Waals surface area contributed by atoms with Gasteiger partial charge in [-0.2, -0.15) is 0 Å². The molecule has 2 fully saturated rings. The zero-order valence-electron chi connectivity index (χ0n) is 28.7. The monoisotopic (exact) mass is 602 g/mol. The number of benzene rings is 2. The SMILES string of the molecule is CCC(C)c1ccc2c(c1)C(CCCCCCN1CCOCC1)(CCCCCCN1CCOCC1)c1cc(C(C)C)ccc1-2. The van der Waals surface area contributed by atoms with Crippen LogP contribution in [-0.4, -0.2) is 75.5 Å². The molecule has 0 spiro atoms. The van der Waals surface area contributed by atoms with Crippen LogP contribution in [0.1, 0.15) is 132 Å². The summed E-state index contributed by atoms with van der Waals surface area (Å²) >= 11 is 0. The Balaban J connectivity index is 1.32. The minimum atomic E-state index is 0.146. The van der Waals surface area contributed by atoms with Crippen molar-refractivity contribution in [3.63, 3.8) is 0 Å². The molecule has 4 heteroatoms. The molecular weight excluding hydrogens is 540 g/mol. The number of ether oxygens (including phenoxy) is 2. The number of fused-ring (bicyclic) bond motifs is 3. The Morgan fingerprint density at radius 3 is 1.55 bits per heavy atom. The van der Waals surface area contributed by atoms with Crippen molar-refractivity contribution in [3.05, 3.63) is 58.7 Å². The Hall–Kier alpha value is -1.72. The van der Waals surface area contributed by atoms with E-state index in [1.165, 1.54) is 106 Å². The van der Waals surface area contributed by atoms with Crippen LogP contribution in [-0.2, 0) is 14.9 Å². The van der Waals surface area contributed by atoms with Crippen molar-refractivity contribution < 1.29 is 9.47 Å². The lowest BCUT2D eigenvalue weighted by Gasteiger charge is -2.34. The molecule has 2 aromatic carbocycles. The van der Waals surface area contributed by atoms with Gasteiger partial charge in [-0.25, -0.2) is 0 Å². The van der Waals surface area contributed by atoms with E-state index in [2.05, 4.69) is 73.9 Å². The molecule has 0 N–H and O–H groups in total. The molecule has 5 rings (SSSR count). The van der Waals surface area contributed by atoms with Crippen molar-refractivity contribution in [1.82, 2.24) is 9.80 Å². The molecule has 0 aromatic heterocycles. The highest BCUT2D eigenvalue weighted by Crippen LogP contribution is 2.55. The fraction of sp³-hybridized carbons (Fsp3) is 0.700. The predicted octanol–water partition coefficient (Wildman–Crippen LogP) is 9.16. The van der Waals surface area contributed by atoms with Crippen LogP contribution in [0.3, 0.4) is 0 Å². The molecule has 2 heterocycles. The molecule has 1 atom stereocenters. The molecule has 2 aromatic rings. The third-order valence-electron chi connectivity index (χ3n) is 11.1. The summed E-state index contributed by atoms with van der Waals surface area (Å²) < 4.78 is 11.1. The smallest absolute Gasteiger partial charge is 0.0594 e. The second-order valence-corrected chi connectivity index (χ2v) is 14.4. The summed E-state index contributed by atoms with van der Waals surface area (Å²) in [6.07, 6.45) is 14.4. The molecule has 0 bridgehead atoms. The van der Waals surface area contributed by atoms with E-state index in [0.717, 1.165) is 52.6 Å². The van der Waals surface area contributed by atoms with E-state index < -0.39 is 0 Å². The first-order chi connectivity index (χ1) is 21.5. The lowest BCUT2D eigenvalue weighted by molar-refractivity contribution is 0.0371. The Morgan fingerprint density at radius 2 is 1.07 bits per heavy atom. The number of nitrogens with zero attached hydrogens (tertiary/aromatic N) is 2. The van der Waals surface area contributed by atoms with Gasteiger partial charge in [-0.3, -0.25) is 9.80 Å². The van der Waals surface area contributed by atoms with Gasteiger partial charge in [-0.15, -0.1) is 0 Å². The zero-order chi connectivity index (χ0) is 30.8. The van der Waals surface area contributed by atoms with Gasteiger partial charge in [-0.1, -0.05) is 103 Å². The molecule has 2 saturated heterocycles. The van der Waals surface area contributed by atoms with Gasteiger partial charge in [0.1, 0.15) is 0 Å². The Labute approximate surface area is 269 Å². The largest absolute Gasteiger partial charge is 0.379 e. The molecule has 0 saturated carbocycles. The average molecular weight is 603 g/mol. The highest BCUT2D eigenvalue weighted by Gasteiger charge is 2.42. The Bertz CT molecular complexity index is 1120. The number of unbranched alkanes of at least 4 members (excludes halogenated alkanes) is 6. The summed E-state index contributed by atoms with van der Waals surface area (Å²) in [5, 5.41) is 0. The van der Waals surface area contributed by atoms with Crippen molar-refractivity contribution in [2.75, 3.05) is 65.7 Å². The maximum Gasteiger partial charge on any atom is 0.0594 e. The fourth-order valence-electron chi connectivity index (χ4n) is 7.98. The fourth-order valence-corrected chi connectivity index (χ4v) is 7.98. The molecule has 1 unspecified atom stereocenters. The molecule has 44 heavy (non-hydrogen) atoms.